The van der Waals surface area contributed by atoms with Crippen LogP contribution >= 0.6 is 0 Å². The van der Waals surface area contributed by atoms with E-state index >= 15 is 0 Å². The van der Waals surface area contributed by atoms with E-state index in [0.29, 0.717) is 6.61 Å². The van der Waals surface area contributed by atoms with E-state index in [-0.39, 0.29) is 6.35 Å². The van der Waals surface area contributed by atoms with Gasteiger partial charge in [0.05, 0.1) is 6.61 Å². The molecule has 1 saturated heterocycles. The minimum atomic E-state index is -0.139. The summed E-state index contributed by atoms with van der Waals surface area (Å²) >= 11 is 0. The summed E-state index contributed by atoms with van der Waals surface area (Å²) in [6.07, 6.45) is -0.139. The van der Waals surface area contributed by atoms with Crippen molar-refractivity contribution in [1.82, 2.24) is 0 Å². The van der Waals surface area contributed by atoms with Crippen LogP contribution in [0.2, 0.25) is 0 Å². The lowest BCUT2D eigenvalue weighted by Gasteiger charge is -2.35. The number of ether oxygens (including phenoxy) is 1. The largest absolute Gasteiger partial charge is 0.335 e. The van der Waals surface area contributed by atoms with Crippen LogP contribution in [0.15, 0.2) is 54.6 Å². The summed E-state index contributed by atoms with van der Waals surface area (Å²) in [6.45, 7) is 15.7. The number of hydrogen-bond donors (Lipinski definition) is 0. The Balaban J connectivity index is 1.74. The van der Waals surface area contributed by atoms with E-state index in [1.165, 1.54) is 50.3 Å². The monoisotopic (exact) mass is 414 g/mol. The van der Waals surface area contributed by atoms with Gasteiger partial charge in [-0.3, -0.25) is 0 Å². The molecule has 0 unspecified atom stereocenters. The third-order valence-electron chi connectivity index (χ3n) is 6.20. The van der Waals surface area contributed by atoms with Crippen LogP contribution in [0.3, 0.4) is 0 Å². The zero-order valence-corrected chi connectivity index (χ0v) is 19.7. The first-order valence-corrected chi connectivity index (χ1v) is 11.2. The summed E-state index contributed by atoms with van der Waals surface area (Å²) in [4.78, 5) is 4.90. The molecule has 0 atom stereocenters. The molecule has 31 heavy (non-hydrogen) atoms. The second-order valence-electron chi connectivity index (χ2n) is 9.00. The molecule has 4 rings (SSSR count). The number of hydrogen-bond acceptors (Lipinski definition) is 3. The molecule has 3 nitrogen and oxygen atoms in total. The van der Waals surface area contributed by atoms with Crippen LogP contribution in [0.1, 0.15) is 38.9 Å². The molecule has 3 aromatic carbocycles. The second kappa shape index (κ2) is 8.76. The van der Waals surface area contributed by atoms with E-state index < -0.39 is 0 Å². The highest BCUT2D eigenvalue weighted by Gasteiger charge is 2.36. The Morgan fingerprint density at radius 1 is 0.677 bits per heavy atom. The molecule has 1 fully saturated rings. The molecule has 0 bridgehead atoms. The van der Waals surface area contributed by atoms with Crippen molar-refractivity contribution in [3.63, 3.8) is 0 Å². The maximum Gasteiger partial charge on any atom is 0.210 e. The van der Waals surface area contributed by atoms with E-state index in [9.17, 15) is 0 Å². The van der Waals surface area contributed by atoms with Crippen molar-refractivity contribution in [3.05, 3.63) is 93.5 Å². The Hall–Kier alpha value is -2.78. The summed E-state index contributed by atoms with van der Waals surface area (Å²) < 4.78 is 6.66. The SMILES string of the molecule is Cc1cc(C)c(N2CCN(c3c(C)cc(C)cc3C)C2OCc2ccccc2)c(C)c1. The third-order valence-corrected chi connectivity index (χ3v) is 6.20. The zero-order chi connectivity index (χ0) is 22.1. The molecule has 3 heteroatoms. The molecule has 1 heterocycles. The first-order chi connectivity index (χ1) is 14.8. The van der Waals surface area contributed by atoms with Crippen molar-refractivity contribution < 1.29 is 4.74 Å². The standard InChI is InChI=1S/C28H34N2O/c1-19-14-21(3)26(22(4)15-19)29-12-13-30(27-23(5)16-20(2)17-24(27)6)28(29)31-18-25-10-8-7-9-11-25/h7-11,14-17,28H,12-13,18H2,1-6H3. The Kier molecular flexibility index (Phi) is 6.06. The number of aryl methyl sites for hydroxylation is 6. The van der Waals surface area contributed by atoms with E-state index in [2.05, 4.69) is 106 Å². The lowest BCUT2D eigenvalue weighted by atomic mass is 10.0. The summed E-state index contributed by atoms with van der Waals surface area (Å²) in [5.74, 6) is 0. The molecule has 162 valence electrons. The predicted octanol–water partition coefficient (Wildman–Crippen LogP) is 6.36. The van der Waals surface area contributed by atoms with E-state index in [0.717, 1.165) is 13.1 Å². The normalized spacial score (nSPS) is 14.5. The van der Waals surface area contributed by atoms with Crippen LogP contribution in [-0.4, -0.2) is 19.4 Å². The minimum absolute atomic E-state index is 0.139. The summed E-state index contributed by atoms with van der Waals surface area (Å²) in [6, 6.07) is 19.6. The van der Waals surface area contributed by atoms with Gasteiger partial charge in [0.25, 0.3) is 0 Å². The topological polar surface area (TPSA) is 15.7 Å². The second-order valence-corrected chi connectivity index (χ2v) is 9.00. The van der Waals surface area contributed by atoms with Gasteiger partial charge >= 0.3 is 0 Å². The van der Waals surface area contributed by atoms with Gasteiger partial charge in [-0.2, -0.15) is 0 Å². The Labute approximate surface area is 187 Å². The summed E-state index contributed by atoms with van der Waals surface area (Å²) in [5, 5.41) is 0. The quantitative estimate of drug-likeness (QED) is 0.483. The first-order valence-electron chi connectivity index (χ1n) is 11.2. The maximum atomic E-state index is 6.66. The molecule has 3 aromatic rings. The molecule has 0 aliphatic carbocycles. The molecule has 0 aromatic heterocycles. The molecule has 0 amide bonds. The molecule has 0 radical (unpaired) electrons. The molecular formula is C28H34N2O. The Morgan fingerprint density at radius 3 is 1.52 bits per heavy atom. The van der Waals surface area contributed by atoms with Gasteiger partial charge in [0.2, 0.25) is 6.35 Å². The highest BCUT2D eigenvalue weighted by molar-refractivity contribution is 5.67. The highest BCUT2D eigenvalue weighted by atomic mass is 16.5. The van der Waals surface area contributed by atoms with Crippen molar-refractivity contribution in [2.24, 2.45) is 0 Å². The van der Waals surface area contributed by atoms with Crippen molar-refractivity contribution in [2.45, 2.75) is 54.5 Å². The van der Waals surface area contributed by atoms with Crippen molar-refractivity contribution in [1.29, 1.82) is 0 Å². The number of nitrogens with zero attached hydrogens (tertiary/aromatic N) is 2. The third kappa shape index (κ3) is 4.33. The lowest BCUT2D eigenvalue weighted by molar-refractivity contribution is 0.0498. The van der Waals surface area contributed by atoms with E-state index in [4.69, 9.17) is 4.74 Å². The van der Waals surface area contributed by atoms with Crippen LogP contribution in [0.4, 0.5) is 11.4 Å². The van der Waals surface area contributed by atoms with Gasteiger partial charge in [0.15, 0.2) is 0 Å². The van der Waals surface area contributed by atoms with Crippen LogP contribution in [-0.2, 0) is 11.3 Å². The fourth-order valence-corrected chi connectivity index (χ4v) is 5.22. The number of rotatable bonds is 5. The average Bonchev–Trinajstić information content (AvgIpc) is 3.08. The summed E-state index contributed by atoms with van der Waals surface area (Å²) in [5.41, 5.74) is 11.7. The van der Waals surface area contributed by atoms with Gasteiger partial charge in [-0.15, -0.1) is 0 Å². The number of anilines is 2. The minimum Gasteiger partial charge on any atom is -0.335 e. The molecule has 1 aliphatic rings. The van der Waals surface area contributed by atoms with Crippen LogP contribution in [0, 0.1) is 41.5 Å². The van der Waals surface area contributed by atoms with Gasteiger partial charge in [0.1, 0.15) is 0 Å². The fraction of sp³-hybridized carbons (Fsp3) is 0.357. The van der Waals surface area contributed by atoms with Crippen LogP contribution < -0.4 is 9.80 Å². The fourth-order valence-electron chi connectivity index (χ4n) is 5.22. The Morgan fingerprint density at radius 2 is 1.10 bits per heavy atom. The number of benzene rings is 3. The zero-order valence-electron chi connectivity index (χ0n) is 19.7. The molecule has 1 aliphatic heterocycles. The molecular weight excluding hydrogens is 380 g/mol. The predicted molar refractivity (Wildman–Crippen MR) is 131 cm³/mol. The molecule has 0 N–H and O–H groups in total. The average molecular weight is 415 g/mol. The van der Waals surface area contributed by atoms with Crippen molar-refractivity contribution in [3.8, 4) is 0 Å². The highest BCUT2D eigenvalue weighted by Crippen LogP contribution is 2.37. The van der Waals surface area contributed by atoms with E-state index in [1.807, 2.05) is 0 Å². The van der Waals surface area contributed by atoms with Gasteiger partial charge in [0, 0.05) is 24.5 Å². The van der Waals surface area contributed by atoms with Crippen molar-refractivity contribution in [2.75, 3.05) is 22.9 Å². The van der Waals surface area contributed by atoms with Crippen LogP contribution in [0.5, 0.6) is 0 Å². The molecule has 0 saturated carbocycles. The first kappa shape index (κ1) is 21.5. The maximum absolute atomic E-state index is 6.66. The lowest BCUT2D eigenvalue weighted by Crippen LogP contribution is -2.42. The van der Waals surface area contributed by atoms with Crippen molar-refractivity contribution >= 4 is 11.4 Å². The van der Waals surface area contributed by atoms with Crippen LogP contribution in [0.25, 0.3) is 0 Å². The van der Waals surface area contributed by atoms with Gasteiger partial charge in [-0.1, -0.05) is 65.7 Å². The van der Waals surface area contributed by atoms with Gasteiger partial charge in [-0.25, -0.2) is 0 Å². The van der Waals surface area contributed by atoms with Gasteiger partial charge < -0.3 is 14.5 Å². The smallest absolute Gasteiger partial charge is 0.210 e. The van der Waals surface area contributed by atoms with Gasteiger partial charge in [-0.05, 0) is 69.4 Å². The molecule has 0 spiro atoms. The summed E-state index contributed by atoms with van der Waals surface area (Å²) in [7, 11) is 0. The van der Waals surface area contributed by atoms with E-state index in [1.54, 1.807) is 0 Å². The Bertz CT molecular complexity index is 962.